The Labute approximate surface area is 142 Å². The van der Waals surface area contributed by atoms with Crippen LogP contribution >= 0.6 is 0 Å². The molecular formula is C19H20N4O. The lowest BCUT2D eigenvalue weighted by Crippen LogP contribution is -2.38. The van der Waals surface area contributed by atoms with Gasteiger partial charge in [-0.25, -0.2) is 10.0 Å². The summed E-state index contributed by atoms with van der Waals surface area (Å²) in [6, 6.07) is 19.6. The van der Waals surface area contributed by atoms with Crippen molar-refractivity contribution in [1.82, 2.24) is 5.17 Å². The number of rotatable bonds is 6. The van der Waals surface area contributed by atoms with E-state index in [9.17, 15) is 5.21 Å². The summed E-state index contributed by atoms with van der Waals surface area (Å²) < 4.78 is 0. The second-order valence-corrected chi connectivity index (χ2v) is 5.76. The lowest BCUT2D eigenvalue weighted by molar-refractivity contribution is -0.0194. The number of nitriles is 1. The number of aliphatic imine (C=N–C) groups is 1. The average Bonchev–Trinajstić information content (AvgIpc) is 3.00. The summed E-state index contributed by atoms with van der Waals surface area (Å²) in [5.41, 5.74) is 2.76. The maximum atomic E-state index is 10.3. The van der Waals surface area contributed by atoms with Crippen LogP contribution in [0.3, 0.4) is 0 Å². The molecule has 0 fully saturated rings. The third kappa shape index (κ3) is 3.73. The molecule has 1 N–H and O–H groups in total. The summed E-state index contributed by atoms with van der Waals surface area (Å²) in [7, 11) is 0. The molecule has 0 saturated carbocycles. The fraction of sp³-hybridized carbons (Fsp3) is 0.263. The molecule has 0 spiro atoms. The molecule has 3 rings (SSSR count). The molecule has 1 aliphatic heterocycles. The second-order valence-electron chi connectivity index (χ2n) is 5.76. The molecule has 0 aliphatic carbocycles. The zero-order chi connectivity index (χ0) is 16.8. The van der Waals surface area contributed by atoms with Crippen molar-refractivity contribution in [2.45, 2.75) is 25.7 Å². The number of anilines is 1. The SMILES string of the molecule is N#Cc1ccc(N2CN=C(CCCCc3ccccc3)N2O)cc1. The monoisotopic (exact) mass is 320 g/mol. The van der Waals surface area contributed by atoms with Gasteiger partial charge in [0.25, 0.3) is 0 Å². The van der Waals surface area contributed by atoms with E-state index in [1.165, 1.54) is 5.56 Å². The lowest BCUT2D eigenvalue weighted by Gasteiger charge is -2.25. The molecule has 122 valence electrons. The molecule has 0 radical (unpaired) electrons. The highest BCUT2D eigenvalue weighted by Crippen LogP contribution is 2.21. The summed E-state index contributed by atoms with van der Waals surface area (Å²) in [4.78, 5) is 4.42. The minimum atomic E-state index is 0.399. The highest BCUT2D eigenvalue weighted by atomic mass is 16.6. The summed E-state index contributed by atoms with van der Waals surface area (Å²) in [5.74, 6) is 0.687. The maximum absolute atomic E-state index is 10.3. The van der Waals surface area contributed by atoms with Gasteiger partial charge in [0.1, 0.15) is 12.5 Å². The van der Waals surface area contributed by atoms with Crippen molar-refractivity contribution in [2.24, 2.45) is 4.99 Å². The normalized spacial score (nSPS) is 13.8. The zero-order valence-electron chi connectivity index (χ0n) is 13.5. The number of unbranched alkanes of at least 4 members (excludes halogenated alkanes) is 1. The summed E-state index contributed by atoms with van der Waals surface area (Å²) in [6.07, 6.45) is 3.83. The highest BCUT2D eigenvalue weighted by molar-refractivity contribution is 5.84. The molecule has 0 aromatic heterocycles. The molecule has 5 nitrogen and oxygen atoms in total. The van der Waals surface area contributed by atoms with Crippen molar-refractivity contribution in [1.29, 1.82) is 5.26 Å². The molecule has 0 unspecified atom stereocenters. The fourth-order valence-electron chi connectivity index (χ4n) is 2.75. The van der Waals surface area contributed by atoms with Crippen LogP contribution in [0.1, 0.15) is 30.4 Å². The Balaban J connectivity index is 1.48. The molecule has 1 aliphatic rings. The van der Waals surface area contributed by atoms with E-state index >= 15 is 0 Å². The molecular weight excluding hydrogens is 300 g/mol. The number of aryl methyl sites for hydroxylation is 1. The standard InChI is InChI=1S/C19H20N4O/c20-14-17-10-12-18(13-11-17)22-15-21-19(23(22)24)9-5-4-8-16-6-2-1-3-7-16/h1-3,6-7,10-13,24H,4-5,8-9,15H2. The van der Waals surface area contributed by atoms with Gasteiger partial charge < -0.3 is 0 Å². The number of amidine groups is 1. The van der Waals surface area contributed by atoms with Gasteiger partial charge in [-0.05, 0) is 49.1 Å². The first-order chi connectivity index (χ1) is 11.8. The Morgan fingerprint density at radius 1 is 1.00 bits per heavy atom. The molecule has 5 heteroatoms. The molecule has 2 aromatic carbocycles. The molecule has 0 bridgehead atoms. The molecule has 0 atom stereocenters. The number of nitrogens with zero attached hydrogens (tertiary/aromatic N) is 4. The van der Waals surface area contributed by atoms with Crippen LogP contribution in [-0.4, -0.2) is 22.9 Å². The van der Waals surface area contributed by atoms with Crippen LogP contribution in [0.2, 0.25) is 0 Å². The first kappa shape index (κ1) is 16.0. The van der Waals surface area contributed by atoms with E-state index in [0.29, 0.717) is 18.1 Å². The smallest absolute Gasteiger partial charge is 0.150 e. The minimum Gasteiger partial charge on any atom is -0.267 e. The van der Waals surface area contributed by atoms with Crippen LogP contribution in [0.4, 0.5) is 5.69 Å². The van der Waals surface area contributed by atoms with E-state index in [1.807, 2.05) is 18.2 Å². The predicted octanol–water partition coefficient (Wildman–Crippen LogP) is 3.75. The molecule has 2 aromatic rings. The van der Waals surface area contributed by atoms with Crippen molar-refractivity contribution < 1.29 is 5.21 Å². The lowest BCUT2D eigenvalue weighted by atomic mass is 10.1. The van der Waals surface area contributed by atoms with Crippen LogP contribution in [0.5, 0.6) is 0 Å². The average molecular weight is 320 g/mol. The van der Waals surface area contributed by atoms with Gasteiger partial charge in [0.15, 0.2) is 0 Å². The predicted molar refractivity (Wildman–Crippen MR) is 93.6 cm³/mol. The van der Waals surface area contributed by atoms with Gasteiger partial charge in [-0.15, -0.1) is 5.17 Å². The Kier molecular flexibility index (Phi) is 5.09. The van der Waals surface area contributed by atoms with Crippen molar-refractivity contribution >= 4 is 11.5 Å². The number of benzene rings is 2. The Morgan fingerprint density at radius 2 is 1.71 bits per heavy atom. The summed E-state index contributed by atoms with van der Waals surface area (Å²) in [6.45, 7) is 0.399. The van der Waals surface area contributed by atoms with Crippen LogP contribution in [0.15, 0.2) is 59.6 Å². The van der Waals surface area contributed by atoms with Crippen molar-refractivity contribution in [3.8, 4) is 6.07 Å². The van der Waals surface area contributed by atoms with Gasteiger partial charge >= 0.3 is 0 Å². The number of hydrazine groups is 1. The summed E-state index contributed by atoms with van der Waals surface area (Å²) in [5, 5.41) is 22.0. The Morgan fingerprint density at radius 3 is 2.42 bits per heavy atom. The first-order valence-corrected chi connectivity index (χ1v) is 8.12. The van der Waals surface area contributed by atoms with E-state index < -0.39 is 0 Å². The van der Waals surface area contributed by atoms with Gasteiger partial charge in [-0.2, -0.15) is 5.26 Å². The third-order valence-corrected chi connectivity index (χ3v) is 4.10. The van der Waals surface area contributed by atoms with Gasteiger partial charge in [-0.1, -0.05) is 30.3 Å². The molecule has 0 saturated heterocycles. The van der Waals surface area contributed by atoms with Crippen molar-refractivity contribution in [2.75, 3.05) is 11.7 Å². The van der Waals surface area contributed by atoms with E-state index in [2.05, 4.69) is 35.3 Å². The highest BCUT2D eigenvalue weighted by Gasteiger charge is 2.23. The van der Waals surface area contributed by atoms with Crippen LogP contribution in [0.25, 0.3) is 0 Å². The Hall–Kier alpha value is -2.84. The van der Waals surface area contributed by atoms with Crippen LogP contribution in [0, 0.1) is 11.3 Å². The second kappa shape index (κ2) is 7.62. The number of hydrogen-bond acceptors (Lipinski definition) is 5. The van der Waals surface area contributed by atoms with Gasteiger partial charge in [-0.3, -0.25) is 5.21 Å². The minimum absolute atomic E-state index is 0.399. The van der Waals surface area contributed by atoms with E-state index in [4.69, 9.17) is 5.26 Å². The third-order valence-electron chi connectivity index (χ3n) is 4.10. The largest absolute Gasteiger partial charge is 0.267 e. The number of hydroxylamine groups is 1. The summed E-state index contributed by atoms with van der Waals surface area (Å²) >= 11 is 0. The number of hydrogen-bond donors (Lipinski definition) is 1. The molecule has 24 heavy (non-hydrogen) atoms. The van der Waals surface area contributed by atoms with Crippen molar-refractivity contribution in [3.63, 3.8) is 0 Å². The van der Waals surface area contributed by atoms with E-state index in [1.54, 1.807) is 17.1 Å². The topological polar surface area (TPSA) is 62.9 Å². The first-order valence-electron chi connectivity index (χ1n) is 8.12. The van der Waals surface area contributed by atoms with Crippen LogP contribution < -0.4 is 5.01 Å². The molecule has 0 amide bonds. The van der Waals surface area contributed by atoms with Crippen molar-refractivity contribution in [3.05, 3.63) is 65.7 Å². The van der Waals surface area contributed by atoms with Gasteiger partial charge in [0.2, 0.25) is 0 Å². The van der Waals surface area contributed by atoms with Gasteiger partial charge in [0.05, 0.1) is 17.3 Å². The maximum Gasteiger partial charge on any atom is 0.150 e. The zero-order valence-corrected chi connectivity index (χ0v) is 13.5. The van der Waals surface area contributed by atoms with E-state index in [-0.39, 0.29) is 0 Å². The van der Waals surface area contributed by atoms with Crippen LogP contribution in [-0.2, 0) is 6.42 Å². The Bertz CT molecular complexity index is 734. The quantitative estimate of drug-likeness (QED) is 0.823. The molecule has 1 heterocycles. The van der Waals surface area contributed by atoms with Gasteiger partial charge in [0, 0.05) is 6.42 Å². The van der Waals surface area contributed by atoms with E-state index in [0.717, 1.165) is 36.5 Å². The fourth-order valence-corrected chi connectivity index (χ4v) is 2.75.